The van der Waals surface area contributed by atoms with Crippen LogP contribution in [0.1, 0.15) is 83.5 Å². The fourth-order valence-electron chi connectivity index (χ4n) is 2.93. The van der Waals surface area contributed by atoms with Gasteiger partial charge in [-0.3, -0.25) is 0 Å². The summed E-state index contributed by atoms with van der Waals surface area (Å²) in [5.74, 6) is 0. The molecule has 0 saturated heterocycles. The van der Waals surface area contributed by atoms with Crippen LogP contribution < -0.4 is 4.57 Å². The average Bonchev–Trinajstić information content (AvgIpc) is 2.56. The van der Waals surface area contributed by atoms with Crippen molar-refractivity contribution < 1.29 is 4.57 Å². The highest BCUT2D eigenvalue weighted by Crippen LogP contribution is 2.12. The fraction of sp³-hybridized carbons (Fsp3) is 0.667. The van der Waals surface area contributed by atoms with Crippen molar-refractivity contribution in [3.05, 3.63) is 43.2 Å². The Morgan fingerprint density at radius 3 is 1.55 bits per heavy atom. The topological polar surface area (TPSA) is 3.88 Å². The first-order chi connectivity index (χ1) is 10.9. The minimum Gasteiger partial charge on any atom is -0.205 e. The Morgan fingerprint density at radius 1 is 0.591 bits per heavy atom. The predicted octanol–water partition coefficient (Wildman–Crippen LogP) is 6.23. The van der Waals surface area contributed by atoms with Crippen molar-refractivity contribution in [2.24, 2.45) is 0 Å². The number of unbranched alkanes of at least 4 members (excludes halogenated alkanes) is 12. The molecule has 1 heterocycles. The highest BCUT2D eigenvalue weighted by atomic mass is 14.9. The quantitative estimate of drug-likeness (QED) is 0.205. The molecule has 0 bridgehead atoms. The lowest BCUT2D eigenvalue weighted by atomic mass is 10.0. The van der Waals surface area contributed by atoms with Crippen molar-refractivity contribution in [3.63, 3.8) is 0 Å². The van der Waals surface area contributed by atoms with E-state index < -0.39 is 0 Å². The van der Waals surface area contributed by atoms with E-state index in [1.54, 1.807) is 0 Å². The SMILES string of the molecule is C=CCCCCCCCCCCCCCC[n+]1ccccc1. The smallest absolute Gasteiger partial charge is 0.168 e. The molecule has 1 nitrogen and oxygen atoms in total. The number of hydrogen-bond acceptors (Lipinski definition) is 0. The third kappa shape index (κ3) is 11.5. The van der Waals surface area contributed by atoms with Gasteiger partial charge in [-0.25, -0.2) is 4.57 Å². The maximum atomic E-state index is 3.77. The van der Waals surface area contributed by atoms with Crippen molar-refractivity contribution in [1.29, 1.82) is 0 Å². The zero-order chi connectivity index (χ0) is 15.7. The van der Waals surface area contributed by atoms with Crippen LogP contribution in [0.3, 0.4) is 0 Å². The van der Waals surface area contributed by atoms with Gasteiger partial charge in [0.2, 0.25) is 0 Å². The van der Waals surface area contributed by atoms with Crippen LogP contribution in [0, 0.1) is 0 Å². The van der Waals surface area contributed by atoms with Gasteiger partial charge in [0.1, 0.15) is 6.54 Å². The molecule has 124 valence electrons. The van der Waals surface area contributed by atoms with Crippen molar-refractivity contribution in [2.45, 2.75) is 90.0 Å². The number of hydrogen-bond donors (Lipinski definition) is 0. The molecule has 0 atom stereocenters. The lowest BCUT2D eigenvalue weighted by Crippen LogP contribution is -2.32. The molecule has 0 aromatic carbocycles. The lowest BCUT2D eigenvalue weighted by Gasteiger charge is -2.02. The van der Waals surface area contributed by atoms with Gasteiger partial charge in [0.25, 0.3) is 0 Å². The van der Waals surface area contributed by atoms with E-state index in [-0.39, 0.29) is 0 Å². The Bertz CT molecular complexity index is 344. The summed E-state index contributed by atoms with van der Waals surface area (Å²) in [4.78, 5) is 0. The standard InChI is InChI=1S/C21H36N/c1-2-3-4-5-6-7-8-9-10-11-12-13-14-16-19-22-20-17-15-18-21-22/h2,15,17-18,20-21H,1,3-14,16,19H2/q+1. The molecular formula is C21H36N+. The molecule has 1 aromatic heterocycles. The first-order valence-corrected chi connectivity index (χ1v) is 9.48. The first kappa shape index (κ1) is 18.9. The van der Waals surface area contributed by atoms with Crippen molar-refractivity contribution >= 4 is 0 Å². The third-order valence-electron chi connectivity index (χ3n) is 4.35. The van der Waals surface area contributed by atoms with E-state index in [0.29, 0.717) is 0 Å². The summed E-state index contributed by atoms with van der Waals surface area (Å²) in [6.45, 7) is 4.94. The van der Waals surface area contributed by atoms with Gasteiger partial charge >= 0.3 is 0 Å². The van der Waals surface area contributed by atoms with Crippen LogP contribution in [0.2, 0.25) is 0 Å². The van der Waals surface area contributed by atoms with Gasteiger partial charge < -0.3 is 0 Å². The molecule has 0 aliphatic heterocycles. The maximum Gasteiger partial charge on any atom is 0.168 e. The highest BCUT2D eigenvalue weighted by Gasteiger charge is 1.98. The summed E-state index contributed by atoms with van der Waals surface area (Å²) >= 11 is 0. The van der Waals surface area contributed by atoms with E-state index in [1.807, 2.05) is 6.08 Å². The molecule has 0 aliphatic carbocycles. The molecular weight excluding hydrogens is 266 g/mol. The normalized spacial score (nSPS) is 10.7. The number of nitrogens with zero attached hydrogens (tertiary/aromatic N) is 1. The second kappa shape index (κ2) is 14.8. The number of allylic oxidation sites excluding steroid dienone is 1. The number of rotatable bonds is 15. The number of aromatic nitrogens is 1. The van der Waals surface area contributed by atoms with Crippen LogP contribution in [-0.2, 0) is 6.54 Å². The maximum absolute atomic E-state index is 3.77. The van der Waals surface area contributed by atoms with E-state index >= 15 is 0 Å². The Balaban J connectivity index is 1.74. The Morgan fingerprint density at radius 2 is 1.05 bits per heavy atom. The Hall–Kier alpha value is -1.11. The molecule has 0 radical (unpaired) electrons. The van der Waals surface area contributed by atoms with Gasteiger partial charge in [0, 0.05) is 18.6 Å². The summed E-state index contributed by atoms with van der Waals surface area (Å²) < 4.78 is 2.29. The van der Waals surface area contributed by atoms with E-state index in [4.69, 9.17) is 0 Å². The van der Waals surface area contributed by atoms with Crippen molar-refractivity contribution in [2.75, 3.05) is 0 Å². The third-order valence-corrected chi connectivity index (χ3v) is 4.35. The summed E-state index contributed by atoms with van der Waals surface area (Å²) in [5, 5.41) is 0. The van der Waals surface area contributed by atoms with Crippen LogP contribution in [0.25, 0.3) is 0 Å². The Labute approximate surface area is 138 Å². The second-order valence-electron chi connectivity index (χ2n) is 6.43. The fourth-order valence-corrected chi connectivity index (χ4v) is 2.93. The molecule has 1 rings (SSSR count). The molecule has 0 amide bonds. The van der Waals surface area contributed by atoms with Gasteiger partial charge in [-0.05, 0) is 19.3 Å². The van der Waals surface area contributed by atoms with Crippen LogP contribution >= 0.6 is 0 Å². The highest BCUT2D eigenvalue weighted by molar-refractivity contribution is 4.83. The van der Waals surface area contributed by atoms with Crippen LogP contribution in [0.5, 0.6) is 0 Å². The zero-order valence-corrected chi connectivity index (χ0v) is 14.5. The molecule has 0 N–H and O–H groups in total. The summed E-state index contributed by atoms with van der Waals surface area (Å²) in [7, 11) is 0. The second-order valence-corrected chi connectivity index (χ2v) is 6.43. The van der Waals surface area contributed by atoms with Crippen molar-refractivity contribution in [3.8, 4) is 0 Å². The molecule has 0 fully saturated rings. The van der Waals surface area contributed by atoms with Crippen molar-refractivity contribution in [1.82, 2.24) is 0 Å². The molecule has 22 heavy (non-hydrogen) atoms. The summed E-state index contributed by atoms with van der Waals surface area (Å²) in [6.07, 6.45) is 24.5. The molecule has 0 aliphatic rings. The minimum atomic E-state index is 1.17. The van der Waals surface area contributed by atoms with E-state index in [1.165, 1.54) is 90.0 Å². The minimum absolute atomic E-state index is 1.17. The van der Waals surface area contributed by atoms with Gasteiger partial charge in [-0.1, -0.05) is 69.9 Å². The summed E-state index contributed by atoms with van der Waals surface area (Å²) in [6, 6.07) is 6.30. The van der Waals surface area contributed by atoms with Crippen LogP contribution in [-0.4, -0.2) is 0 Å². The van der Waals surface area contributed by atoms with Gasteiger partial charge in [0.15, 0.2) is 12.4 Å². The van der Waals surface area contributed by atoms with E-state index in [9.17, 15) is 0 Å². The van der Waals surface area contributed by atoms with Gasteiger partial charge in [-0.2, -0.15) is 0 Å². The van der Waals surface area contributed by atoms with Crippen LogP contribution in [0.15, 0.2) is 43.2 Å². The molecule has 1 aromatic rings. The molecule has 0 saturated carbocycles. The monoisotopic (exact) mass is 302 g/mol. The largest absolute Gasteiger partial charge is 0.205 e. The molecule has 0 unspecified atom stereocenters. The van der Waals surface area contributed by atoms with Gasteiger partial charge in [-0.15, -0.1) is 6.58 Å². The number of pyridine rings is 1. The zero-order valence-electron chi connectivity index (χ0n) is 14.5. The average molecular weight is 303 g/mol. The first-order valence-electron chi connectivity index (χ1n) is 9.48. The van der Waals surface area contributed by atoms with Gasteiger partial charge in [0.05, 0.1) is 0 Å². The number of aryl methyl sites for hydroxylation is 1. The molecule has 1 heteroatoms. The van der Waals surface area contributed by atoms with Crippen LogP contribution in [0.4, 0.5) is 0 Å². The summed E-state index contributed by atoms with van der Waals surface area (Å²) in [5.41, 5.74) is 0. The van der Waals surface area contributed by atoms with E-state index in [0.717, 1.165) is 0 Å². The molecule has 0 spiro atoms. The predicted molar refractivity (Wildman–Crippen MR) is 96.9 cm³/mol. The Kier molecular flexibility index (Phi) is 12.8. The lowest BCUT2D eigenvalue weighted by molar-refractivity contribution is -0.697. The van der Waals surface area contributed by atoms with E-state index in [2.05, 4.69) is 41.7 Å².